The second-order valence-corrected chi connectivity index (χ2v) is 5.43. The summed E-state index contributed by atoms with van der Waals surface area (Å²) < 4.78 is 6.02. The number of hydrogen-bond donors (Lipinski definition) is 2. The van der Waals surface area contributed by atoms with E-state index in [9.17, 15) is 0 Å². The Hall–Kier alpha value is -1.03. The highest BCUT2D eigenvalue weighted by Gasteiger charge is 2.23. The molecule has 4 nitrogen and oxygen atoms in total. The monoisotopic (exact) mass is 223 g/mol. The number of H-pyrrole nitrogens is 1. The van der Waals surface area contributed by atoms with E-state index in [-0.39, 0.29) is 5.41 Å². The van der Waals surface area contributed by atoms with Gasteiger partial charge >= 0.3 is 0 Å². The van der Waals surface area contributed by atoms with E-state index >= 15 is 0 Å². The van der Waals surface area contributed by atoms with Gasteiger partial charge in [0.1, 0.15) is 6.10 Å². The Morgan fingerprint density at radius 3 is 2.62 bits per heavy atom. The molecule has 1 aliphatic heterocycles. The molecule has 0 aliphatic carbocycles. The Bertz CT molecular complexity index is 334. The third kappa shape index (κ3) is 2.55. The highest BCUT2D eigenvalue weighted by Crippen LogP contribution is 2.30. The van der Waals surface area contributed by atoms with Gasteiger partial charge in [0.25, 0.3) is 0 Å². The Labute approximate surface area is 96.8 Å². The molecule has 0 bridgehead atoms. The molecule has 0 saturated carbocycles. The molecule has 16 heavy (non-hydrogen) atoms. The normalized spacial score (nSPS) is 18.7. The molecule has 4 heteroatoms. The summed E-state index contributed by atoms with van der Waals surface area (Å²) in [5, 5.41) is 10.5. The van der Waals surface area contributed by atoms with Crippen LogP contribution in [0.5, 0.6) is 5.75 Å². The predicted octanol–water partition coefficient (Wildman–Crippen LogP) is 1.84. The van der Waals surface area contributed by atoms with Crippen LogP contribution in [-0.2, 0) is 5.41 Å². The van der Waals surface area contributed by atoms with Crippen molar-refractivity contribution in [1.82, 2.24) is 15.5 Å². The highest BCUT2D eigenvalue weighted by atomic mass is 16.5. The molecule has 1 aromatic heterocycles. The van der Waals surface area contributed by atoms with Crippen molar-refractivity contribution in [3.8, 4) is 5.75 Å². The summed E-state index contributed by atoms with van der Waals surface area (Å²) in [7, 11) is 0. The van der Waals surface area contributed by atoms with Crippen molar-refractivity contribution in [2.75, 3.05) is 13.1 Å². The fourth-order valence-corrected chi connectivity index (χ4v) is 1.99. The molecule has 90 valence electrons. The van der Waals surface area contributed by atoms with Crippen molar-refractivity contribution in [3.63, 3.8) is 0 Å². The quantitative estimate of drug-likeness (QED) is 0.804. The molecule has 1 fully saturated rings. The van der Waals surface area contributed by atoms with E-state index < -0.39 is 0 Å². The average molecular weight is 223 g/mol. The van der Waals surface area contributed by atoms with Crippen molar-refractivity contribution in [1.29, 1.82) is 0 Å². The molecule has 1 saturated heterocycles. The van der Waals surface area contributed by atoms with Crippen molar-refractivity contribution in [3.05, 3.63) is 11.9 Å². The summed E-state index contributed by atoms with van der Waals surface area (Å²) in [5.74, 6) is 0.916. The highest BCUT2D eigenvalue weighted by molar-refractivity contribution is 5.30. The third-order valence-corrected chi connectivity index (χ3v) is 2.93. The number of ether oxygens (including phenoxy) is 1. The minimum Gasteiger partial charge on any atom is -0.487 e. The maximum absolute atomic E-state index is 6.02. The second kappa shape index (κ2) is 4.45. The van der Waals surface area contributed by atoms with E-state index in [2.05, 4.69) is 36.3 Å². The molecular weight excluding hydrogens is 202 g/mol. The minimum atomic E-state index is 0.0543. The zero-order valence-electron chi connectivity index (χ0n) is 10.3. The van der Waals surface area contributed by atoms with E-state index in [4.69, 9.17) is 4.74 Å². The summed E-state index contributed by atoms with van der Waals surface area (Å²) in [6, 6.07) is 0. The van der Waals surface area contributed by atoms with Crippen molar-refractivity contribution < 1.29 is 4.74 Å². The van der Waals surface area contributed by atoms with Gasteiger partial charge in [-0.15, -0.1) is 0 Å². The molecule has 2 N–H and O–H groups in total. The molecule has 0 radical (unpaired) electrons. The standard InChI is InChI=1S/C12H21N3O/c1-12(2,3)11-10(8-14-15-11)16-9-4-6-13-7-5-9/h8-9,13H,4-7H2,1-3H3,(H,14,15). The molecule has 2 heterocycles. The topological polar surface area (TPSA) is 49.9 Å². The van der Waals surface area contributed by atoms with Crippen molar-refractivity contribution >= 4 is 0 Å². The number of aromatic amines is 1. The van der Waals surface area contributed by atoms with E-state index in [1.807, 2.05) is 0 Å². The van der Waals surface area contributed by atoms with Crippen LogP contribution in [0.15, 0.2) is 6.20 Å². The lowest BCUT2D eigenvalue weighted by Crippen LogP contribution is -2.34. The first-order chi connectivity index (χ1) is 7.57. The van der Waals surface area contributed by atoms with Gasteiger partial charge in [-0.25, -0.2) is 0 Å². The molecule has 0 atom stereocenters. The molecule has 1 aromatic rings. The van der Waals surface area contributed by atoms with Gasteiger partial charge in [0.15, 0.2) is 5.75 Å². The van der Waals surface area contributed by atoms with Crippen LogP contribution >= 0.6 is 0 Å². The molecular formula is C12H21N3O. The lowest BCUT2D eigenvalue weighted by molar-refractivity contribution is 0.159. The summed E-state index contributed by atoms with van der Waals surface area (Å²) in [6.07, 6.45) is 4.28. The predicted molar refractivity (Wildman–Crippen MR) is 63.8 cm³/mol. The summed E-state index contributed by atoms with van der Waals surface area (Å²) in [6.45, 7) is 8.59. The summed E-state index contributed by atoms with van der Waals surface area (Å²) in [4.78, 5) is 0. The largest absolute Gasteiger partial charge is 0.487 e. The Morgan fingerprint density at radius 1 is 1.31 bits per heavy atom. The lowest BCUT2D eigenvalue weighted by atomic mass is 9.92. The molecule has 1 aliphatic rings. The first-order valence-electron chi connectivity index (χ1n) is 5.98. The molecule has 0 spiro atoms. The van der Waals surface area contributed by atoms with Gasteiger partial charge in [-0.1, -0.05) is 20.8 Å². The first kappa shape index (κ1) is 11.5. The van der Waals surface area contributed by atoms with Gasteiger partial charge in [0, 0.05) is 5.41 Å². The van der Waals surface area contributed by atoms with Crippen LogP contribution in [0, 0.1) is 0 Å². The first-order valence-corrected chi connectivity index (χ1v) is 5.98. The van der Waals surface area contributed by atoms with Crippen LogP contribution in [0.1, 0.15) is 39.3 Å². The van der Waals surface area contributed by atoms with Crippen LogP contribution in [0.25, 0.3) is 0 Å². The lowest BCUT2D eigenvalue weighted by Gasteiger charge is -2.25. The minimum absolute atomic E-state index is 0.0543. The smallest absolute Gasteiger partial charge is 0.161 e. The Kier molecular flexibility index (Phi) is 3.19. The van der Waals surface area contributed by atoms with Crippen LogP contribution in [0.4, 0.5) is 0 Å². The average Bonchev–Trinajstić information content (AvgIpc) is 2.67. The summed E-state index contributed by atoms with van der Waals surface area (Å²) in [5.41, 5.74) is 1.14. The number of piperidine rings is 1. The molecule has 2 rings (SSSR count). The zero-order valence-corrected chi connectivity index (χ0v) is 10.3. The van der Waals surface area contributed by atoms with Gasteiger partial charge < -0.3 is 10.1 Å². The van der Waals surface area contributed by atoms with Gasteiger partial charge in [-0.3, -0.25) is 5.10 Å². The molecule has 0 unspecified atom stereocenters. The number of hydrogen-bond acceptors (Lipinski definition) is 3. The number of nitrogens with one attached hydrogen (secondary N) is 2. The van der Waals surface area contributed by atoms with Crippen molar-refractivity contribution in [2.45, 2.75) is 45.1 Å². The van der Waals surface area contributed by atoms with Gasteiger partial charge in [-0.05, 0) is 25.9 Å². The van der Waals surface area contributed by atoms with E-state index in [0.29, 0.717) is 6.10 Å². The zero-order chi connectivity index (χ0) is 11.6. The molecule has 0 amide bonds. The van der Waals surface area contributed by atoms with E-state index in [0.717, 1.165) is 37.4 Å². The van der Waals surface area contributed by atoms with Gasteiger partial charge in [0.05, 0.1) is 11.9 Å². The van der Waals surface area contributed by atoms with E-state index in [1.165, 1.54) is 0 Å². The Morgan fingerprint density at radius 2 is 2.00 bits per heavy atom. The van der Waals surface area contributed by atoms with Gasteiger partial charge in [0.2, 0.25) is 0 Å². The van der Waals surface area contributed by atoms with Crippen LogP contribution in [0.2, 0.25) is 0 Å². The van der Waals surface area contributed by atoms with Crippen LogP contribution in [-0.4, -0.2) is 29.4 Å². The van der Waals surface area contributed by atoms with E-state index in [1.54, 1.807) is 6.20 Å². The Balaban J connectivity index is 2.06. The van der Waals surface area contributed by atoms with Gasteiger partial charge in [-0.2, -0.15) is 5.10 Å². The summed E-state index contributed by atoms with van der Waals surface area (Å²) >= 11 is 0. The fraction of sp³-hybridized carbons (Fsp3) is 0.750. The second-order valence-electron chi connectivity index (χ2n) is 5.43. The maximum atomic E-state index is 6.02. The van der Waals surface area contributed by atoms with Crippen LogP contribution < -0.4 is 10.1 Å². The van der Waals surface area contributed by atoms with Crippen LogP contribution in [0.3, 0.4) is 0 Å². The van der Waals surface area contributed by atoms with Crippen molar-refractivity contribution in [2.24, 2.45) is 0 Å². The number of nitrogens with zero attached hydrogens (tertiary/aromatic N) is 1. The fourth-order valence-electron chi connectivity index (χ4n) is 1.99. The maximum Gasteiger partial charge on any atom is 0.161 e. The third-order valence-electron chi connectivity index (χ3n) is 2.93. The number of rotatable bonds is 2. The number of aromatic nitrogens is 2. The molecule has 0 aromatic carbocycles. The SMILES string of the molecule is CC(C)(C)c1[nH]ncc1OC1CCNCC1.